The lowest BCUT2D eigenvalue weighted by Gasteiger charge is -2.44. The molecule has 0 atom stereocenters. The second-order valence-electron chi connectivity index (χ2n) is 9.41. The fourth-order valence-corrected chi connectivity index (χ4v) is 5.38. The van der Waals surface area contributed by atoms with Gasteiger partial charge >= 0.3 is 0 Å². The zero-order valence-corrected chi connectivity index (χ0v) is 19.7. The maximum atomic E-state index is 9.72. The van der Waals surface area contributed by atoms with Crippen molar-refractivity contribution >= 4 is 0 Å². The molecular formula is C27H36N6. The van der Waals surface area contributed by atoms with E-state index < -0.39 is 0 Å². The van der Waals surface area contributed by atoms with Crippen molar-refractivity contribution in [3.05, 3.63) is 59.6 Å². The van der Waals surface area contributed by atoms with Gasteiger partial charge in [-0.3, -0.25) is 4.90 Å². The highest BCUT2D eigenvalue weighted by atomic mass is 15.4. The van der Waals surface area contributed by atoms with Crippen LogP contribution >= 0.6 is 0 Å². The van der Waals surface area contributed by atoms with Gasteiger partial charge in [0, 0.05) is 45.0 Å². The van der Waals surface area contributed by atoms with Crippen molar-refractivity contribution in [2.24, 2.45) is 0 Å². The van der Waals surface area contributed by atoms with Gasteiger partial charge in [-0.2, -0.15) is 10.5 Å². The van der Waals surface area contributed by atoms with Crippen LogP contribution in [-0.4, -0.2) is 71.5 Å². The van der Waals surface area contributed by atoms with Crippen LogP contribution in [0, 0.1) is 22.7 Å². The first-order valence-corrected chi connectivity index (χ1v) is 12.5. The van der Waals surface area contributed by atoms with Gasteiger partial charge < -0.3 is 14.7 Å². The summed E-state index contributed by atoms with van der Waals surface area (Å²) in [6.45, 7) is 8.20. The van der Waals surface area contributed by atoms with Crippen molar-refractivity contribution in [1.82, 2.24) is 19.6 Å². The average Bonchev–Trinajstić information content (AvgIpc) is 2.87. The Morgan fingerprint density at radius 3 is 2.30 bits per heavy atom. The van der Waals surface area contributed by atoms with Gasteiger partial charge in [0.1, 0.15) is 18.0 Å². The van der Waals surface area contributed by atoms with Gasteiger partial charge in [0.25, 0.3) is 0 Å². The SMILES string of the molecule is N#CC(C#N)=C1N(CCCN2CCCCC2)CC=CN1C1CCN(Cc2ccccc2)CC1. The van der Waals surface area contributed by atoms with E-state index in [-0.39, 0.29) is 5.57 Å². The molecule has 3 aliphatic rings. The molecule has 0 aromatic heterocycles. The number of likely N-dealkylation sites (tertiary alicyclic amines) is 2. The molecule has 33 heavy (non-hydrogen) atoms. The van der Waals surface area contributed by atoms with E-state index in [9.17, 15) is 10.5 Å². The van der Waals surface area contributed by atoms with E-state index in [0.717, 1.165) is 64.4 Å². The summed E-state index contributed by atoms with van der Waals surface area (Å²) in [5, 5.41) is 19.4. The monoisotopic (exact) mass is 444 g/mol. The number of hydrogen-bond donors (Lipinski definition) is 0. The Balaban J connectivity index is 1.38. The molecule has 0 spiro atoms. The maximum Gasteiger partial charge on any atom is 0.170 e. The van der Waals surface area contributed by atoms with Crippen molar-refractivity contribution < 1.29 is 0 Å². The Hall–Kier alpha value is -2.80. The van der Waals surface area contributed by atoms with E-state index in [2.05, 4.69) is 74.3 Å². The third-order valence-corrected chi connectivity index (χ3v) is 7.13. The lowest BCUT2D eigenvalue weighted by Crippen LogP contribution is -2.47. The molecule has 3 aliphatic heterocycles. The molecule has 2 fully saturated rings. The summed E-state index contributed by atoms with van der Waals surface area (Å²) in [6.07, 6.45) is 11.4. The largest absolute Gasteiger partial charge is 0.352 e. The van der Waals surface area contributed by atoms with Crippen LogP contribution in [0.2, 0.25) is 0 Å². The van der Waals surface area contributed by atoms with Gasteiger partial charge in [-0.05, 0) is 63.4 Å². The Labute approximate surface area is 199 Å². The van der Waals surface area contributed by atoms with E-state index in [0.29, 0.717) is 6.04 Å². The molecule has 0 amide bonds. The van der Waals surface area contributed by atoms with Gasteiger partial charge in [0.15, 0.2) is 5.57 Å². The summed E-state index contributed by atoms with van der Waals surface area (Å²) in [5.41, 5.74) is 1.59. The molecule has 0 N–H and O–H groups in total. The molecule has 0 bridgehead atoms. The van der Waals surface area contributed by atoms with E-state index in [4.69, 9.17) is 0 Å². The second-order valence-corrected chi connectivity index (χ2v) is 9.41. The predicted molar refractivity (Wildman–Crippen MR) is 130 cm³/mol. The first-order chi connectivity index (χ1) is 16.3. The highest BCUT2D eigenvalue weighted by Gasteiger charge is 2.31. The Morgan fingerprint density at radius 1 is 0.879 bits per heavy atom. The third kappa shape index (κ3) is 6.16. The molecule has 2 saturated heterocycles. The minimum atomic E-state index is 0.240. The molecule has 6 heteroatoms. The smallest absolute Gasteiger partial charge is 0.170 e. The van der Waals surface area contributed by atoms with Gasteiger partial charge in [-0.15, -0.1) is 0 Å². The zero-order valence-electron chi connectivity index (χ0n) is 19.7. The van der Waals surface area contributed by atoms with Gasteiger partial charge in [-0.1, -0.05) is 36.8 Å². The number of allylic oxidation sites excluding steroid dienone is 1. The van der Waals surface area contributed by atoms with E-state index in [1.807, 2.05) is 0 Å². The molecule has 1 aromatic carbocycles. The molecule has 1 aromatic rings. The molecular weight excluding hydrogens is 408 g/mol. The first-order valence-electron chi connectivity index (χ1n) is 12.5. The summed E-state index contributed by atoms with van der Waals surface area (Å²) in [5.74, 6) is 0.822. The van der Waals surface area contributed by atoms with E-state index >= 15 is 0 Å². The van der Waals surface area contributed by atoms with Crippen LogP contribution in [-0.2, 0) is 6.54 Å². The van der Waals surface area contributed by atoms with Crippen LogP contribution in [0.4, 0.5) is 0 Å². The minimum absolute atomic E-state index is 0.240. The Bertz CT molecular complexity index is 879. The Morgan fingerprint density at radius 2 is 1.61 bits per heavy atom. The normalized spacial score (nSPS) is 20.5. The lowest BCUT2D eigenvalue weighted by atomic mass is 10.0. The number of piperidine rings is 2. The van der Waals surface area contributed by atoms with Crippen LogP contribution in [0.5, 0.6) is 0 Å². The molecule has 3 heterocycles. The number of rotatable bonds is 7. The Kier molecular flexibility index (Phi) is 8.41. The van der Waals surface area contributed by atoms with Crippen molar-refractivity contribution in [2.45, 2.75) is 51.1 Å². The van der Waals surface area contributed by atoms with Crippen molar-refractivity contribution in [3.8, 4) is 12.1 Å². The topological polar surface area (TPSA) is 60.5 Å². The maximum absolute atomic E-state index is 9.72. The minimum Gasteiger partial charge on any atom is -0.352 e. The highest BCUT2D eigenvalue weighted by molar-refractivity contribution is 5.41. The van der Waals surface area contributed by atoms with Gasteiger partial charge in [0.2, 0.25) is 0 Å². The summed E-state index contributed by atoms with van der Waals surface area (Å²) >= 11 is 0. The van der Waals surface area contributed by atoms with Crippen molar-refractivity contribution in [2.75, 3.05) is 45.8 Å². The van der Waals surface area contributed by atoms with Crippen molar-refractivity contribution in [3.63, 3.8) is 0 Å². The number of hydrogen-bond acceptors (Lipinski definition) is 6. The molecule has 6 nitrogen and oxygen atoms in total. The third-order valence-electron chi connectivity index (χ3n) is 7.13. The van der Waals surface area contributed by atoms with Crippen LogP contribution in [0.25, 0.3) is 0 Å². The fourth-order valence-electron chi connectivity index (χ4n) is 5.38. The molecule has 174 valence electrons. The van der Waals surface area contributed by atoms with Crippen LogP contribution < -0.4 is 0 Å². The molecule has 0 radical (unpaired) electrons. The number of benzene rings is 1. The quantitative estimate of drug-likeness (QED) is 0.594. The molecule has 0 unspecified atom stereocenters. The average molecular weight is 445 g/mol. The van der Waals surface area contributed by atoms with Crippen LogP contribution in [0.15, 0.2) is 54.0 Å². The second kappa shape index (κ2) is 11.9. The summed E-state index contributed by atoms with van der Waals surface area (Å²) in [6, 6.07) is 15.3. The van der Waals surface area contributed by atoms with Crippen LogP contribution in [0.3, 0.4) is 0 Å². The predicted octanol–water partition coefficient (Wildman–Crippen LogP) is 3.92. The molecule has 0 saturated carbocycles. The standard InChI is InChI=1S/C27H36N6/c28-21-25(22-29)27-32(16-7-15-30-13-5-2-6-14-30)17-8-18-33(27)26-11-19-31(20-12-26)23-24-9-3-1-4-10-24/h1,3-4,8-10,18,26H,2,5-7,11-17,19-20,23H2. The fraction of sp³-hybridized carbons (Fsp3) is 0.556. The van der Waals surface area contributed by atoms with Crippen LogP contribution in [0.1, 0.15) is 44.1 Å². The summed E-state index contributed by atoms with van der Waals surface area (Å²) in [7, 11) is 0. The molecule has 0 aliphatic carbocycles. The summed E-state index contributed by atoms with van der Waals surface area (Å²) < 4.78 is 0. The summed E-state index contributed by atoms with van der Waals surface area (Å²) in [4.78, 5) is 9.55. The highest BCUT2D eigenvalue weighted by Crippen LogP contribution is 2.28. The lowest BCUT2D eigenvalue weighted by molar-refractivity contribution is 0.121. The van der Waals surface area contributed by atoms with Gasteiger partial charge in [0.05, 0.1) is 0 Å². The number of nitriles is 2. The number of nitrogens with zero attached hydrogens (tertiary/aromatic N) is 6. The van der Waals surface area contributed by atoms with E-state index in [1.54, 1.807) is 0 Å². The van der Waals surface area contributed by atoms with Crippen molar-refractivity contribution in [1.29, 1.82) is 10.5 Å². The van der Waals surface area contributed by atoms with Gasteiger partial charge in [-0.25, -0.2) is 0 Å². The first kappa shape index (κ1) is 23.4. The zero-order chi connectivity index (χ0) is 22.9. The van der Waals surface area contributed by atoms with E-state index in [1.165, 1.54) is 37.9 Å². The molecule has 4 rings (SSSR count).